The molecule has 1 aromatic rings. The molecule has 0 radical (unpaired) electrons. The van der Waals surface area contributed by atoms with E-state index in [1.807, 2.05) is 0 Å². The molecule has 1 N–H and O–H groups in total. The van der Waals surface area contributed by atoms with E-state index in [0.717, 1.165) is 39.8 Å². The van der Waals surface area contributed by atoms with E-state index < -0.39 is 0 Å². The summed E-state index contributed by atoms with van der Waals surface area (Å²) < 4.78 is 0. The zero-order valence-corrected chi connectivity index (χ0v) is 14.6. The van der Waals surface area contributed by atoms with Gasteiger partial charge in [-0.3, -0.25) is 0 Å². The lowest BCUT2D eigenvalue weighted by Gasteiger charge is -2.33. The highest BCUT2D eigenvalue weighted by Crippen LogP contribution is 2.21. The van der Waals surface area contributed by atoms with Crippen molar-refractivity contribution in [2.24, 2.45) is 0 Å². The number of H-pyrrole nitrogens is 1. The maximum atomic E-state index is 3.59. The minimum Gasteiger partial charge on any atom is -0.359 e. The summed E-state index contributed by atoms with van der Waals surface area (Å²) in [5.74, 6) is 0. The number of rotatable bonds is 0. The van der Waals surface area contributed by atoms with Crippen molar-refractivity contribution in [2.75, 3.05) is 26.7 Å². The minimum absolute atomic E-state index is 0.368. The second-order valence-electron chi connectivity index (χ2n) is 7.30. The van der Waals surface area contributed by atoms with Crippen LogP contribution in [0.2, 0.25) is 0 Å². The van der Waals surface area contributed by atoms with Crippen LogP contribution >= 0.6 is 0 Å². The average molecular weight is 339 g/mol. The molecule has 0 spiro atoms. The van der Waals surface area contributed by atoms with Gasteiger partial charge in [0.2, 0.25) is 0 Å². The predicted octanol–water partition coefficient (Wildman–Crippen LogP) is 1.47. The number of nitrogens with one attached hydrogen (secondary N) is 1. The Morgan fingerprint density at radius 1 is 0.680 bits per heavy atom. The van der Waals surface area contributed by atoms with E-state index in [9.17, 15) is 0 Å². The Kier molecular flexibility index (Phi) is 3.33. The summed E-state index contributed by atoms with van der Waals surface area (Å²) in [5, 5.41) is 0. The molecule has 7 nitrogen and oxygen atoms in total. The number of hydrogen-bond acceptors (Lipinski definition) is 6. The Labute approximate surface area is 148 Å². The van der Waals surface area contributed by atoms with Gasteiger partial charge >= 0.3 is 0 Å². The van der Waals surface area contributed by atoms with Crippen molar-refractivity contribution in [3.05, 3.63) is 60.7 Å². The van der Waals surface area contributed by atoms with Crippen LogP contribution in [0.5, 0.6) is 0 Å². The van der Waals surface area contributed by atoms with Gasteiger partial charge in [-0.25, -0.2) is 0 Å². The third-order valence-corrected chi connectivity index (χ3v) is 5.35. The number of nitrogens with zero attached hydrogens (tertiary/aromatic N) is 6. The van der Waals surface area contributed by atoms with Crippen molar-refractivity contribution < 1.29 is 0 Å². The summed E-state index contributed by atoms with van der Waals surface area (Å²) in [6.07, 6.45) is 13.6. The van der Waals surface area contributed by atoms with Crippen LogP contribution in [0.15, 0.2) is 49.3 Å². The van der Waals surface area contributed by atoms with Gasteiger partial charge in [-0.2, -0.15) is 0 Å². The Balaban J connectivity index is 1.38. The molecule has 0 fully saturated rings. The molecule has 4 aliphatic rings. The van der Waals surface area contributed by atoms with Gasteiger partial charge in [0.05, 0.1) is 45.9 Å². The van der Waals surface area contributed by atoms with Crippen LogP contribution in [-0.2, 0) is 13.1 Å². The summed E-state index contributed by atoms with van der Waals surface area (Å²) >= 11 is 0. The third kappa shape index (κ3) is 2.79. The van der Waals surface area contributed by atoms with Gasteiger partial charge < -0.3 is 34.4 Å². The van der Waals surface area contributed by atoms with Gasteiger partial charge in [-0.1, -0.05) is 0 Å². The second-order valence-corrected chi connectivity index (χ2v) is 7.30. The normalized spacial score (nSPS) is 25.1. The summed E-state index contributed by atoms with van der Waals surface area (Å²) in [6, 6.07) is 4.43. The Bertz CT molecular complexity index is 721. The van der Waals surface area contributed by atoms with Crippen LogP contribution in [0, 0.1) is 0 Å². The Hall–Kier alpha value is -2.70. The molecule has 5 rings (SSSR count). The van der Waals surface area contributed by atoms with Crippen molar-refractivity contribution in [1.29, 1.82) is 0 Å². The highest BCUT2D eigenvalue weighted by atomic mass is 15.5. The molecule has 25 heavy (non-hydrogen) atoms. The zero-order chi connectivity index (χ0) is 16.8. The van der Waals surface area contributed by atoms with Gasteiger partial charge in [0, 0.05) is 48.6 Å². The lowest BCUT2D eigenvalue weighted by molar-refractivity contribution is 0.0946. The number of aromatic amines is 1. The molecule has 0 saturated carbocycles. The van der Waals surface area contributed by atoms with Crippen molar-refractivity contribution in [3.63, 3.8) is 0 Å². The van der Waals surface area contributed by atoms with Crippen molar-refractivity contribution >= 4 is 0 Å². The molecule has 1 unspecified atom stereocenters. The van der Waals surface area contributed by atoms with Crippen molar-refractivity contribution in [3.8, 4) is 0 Å². The van der Waals surface area contributed by atoms with Gasteiger partial charge in [0.25, 0.3) is 0 Å². The molecular weight excluding hydrogens is 314 g/mol. The molecule has 8 bridgehead atoms. The van der Waals surface area contributed by atoms with Crippen LogP contribution in [0.4, 0.5) is 0 Å². The molecule has 1 atom stereocenters. The van der Waals surface area contributed by atoms with Crippen LogP contribution in [0.3, 0.4) is 0 Å². The molecule has 4 aliphatic heterocycles. The van der Waals surface area contributed by atoms with Crippen LogP contribution in [0.1, 0.15) is 18.3 Å². The molecule has 0 amide bonds. The molecule has 7 heteroatoms. The number of fused-ring (bicyclic) bond motifs is 8. The smallest absolute Gasteiger partial charge is 0.0997 e. The number of aromatic nitrogens is 1. The molecule has 0 aromatic carbocycles. The first-order valence-electron chi connectivity index (χ1n) is 8.92. The van der Waals surface area contributed by atoms with Crippen molar-refractivity contribution in [1.82, 2.24) is 34.4 Å². The summed E-state index contributed by atoms with van der Waals surface area (Å²) in [6.45, 7) is 7.83. The van der Waals surface area contributed by atoms with E-state index >= 15 is 0 Å². The number of hydrogen-bond donors (Lipinski definition) is 1. The van der Waals surface area contributed by atoms with Crippen LogP contribution in [0.25, 0.3) is 0 Å². The molecule has 1 aromatic heterocycles. The zero-order valence-electron chi connectivity index (χ0n) is 14.6. The lowest BCUT2D eigenvalue weighted by atomic mass is 10.3. The minimum atomic E-state index is 0.368. The molecule has 5 heterocycles. The first-order valence-corrected chi connectivity index (χ1v) is 8.92. The van der Waals surface area contributed by atoms with E-state index in [-0.39, 0.29) is 0 Å². The molecule has 0 saturated heterocycles. The predicted molar refractivity (Wildman–Crippen MR) is 95.6 cm³/mol. The molecule has 0 aliphatic carbocycles. The van der Waals surface area contributed by atoms with E-state index in [1.165, 1.54) is 11.4 Å². The first kappa shape index (κ1) is 14.6. The average Bonchev–Trinajstić information content (AvgIpc) is 3.36. The standard InChI is InChI=1S/C18H25N7/c1-16-24-8-9-25(16)15-23-7-6-22(14-23)13-21-5-4-20(12-21)10-17-2-3-18(11-24)19-17/h2-9,16,19H,10-15H2,1H3. The summed E-state index contributed by atoms with van der Waals surface area (Å²) in [7, 11) is 0. The largest absolute Gasteiger partial charge is 0.359 e. The van der Waals surface area contributed by atoms with E-state index in [4.69, 9.17) is 0 Å². The monoisotopic (exact) mass is 339 g/mol. The van der Waals surface area contributed by atoms with E-state index in [0.29, 0.717) is 6.17 Å². The highest BCUT2D eigenvalue weighted by Gasteiger charge is 2.26. The Morgan fingerprint density at radius 3 is 2.00 bits per heavy atom. The SMILES string of the molecule is CC1N2C=CN1CN1C=CN(CN3C=CN(Cc4ccc([nH]4)C2)C3)C1. The maximum Gasteiger partial charge on any atom is 0.0997 e. The fourth-order valence-electron chi connectivity index (χ4n) is 3.91. The van der Waals surface area contributed by atoms with Gasteiger partial charge in [-0.15, -0.1) is 0 Å². The summed E-state index contributed by atoms with van der Waals surface area (Å²) in [5.41, 5.74) is 2.54. The van der Waals surface area contributed by atoms with Crippen molar-refractivity contribution in [2.45, 2.75) is 26.2 Å². The van der Waals surface area contributed by atoms with E-state index in [2.05, 4.69) is 90.6 Å². The van der Waals surface area contributed by atoms with Crippen LogP contribution < -0.4 is 0 Å². The fourth-order valence-corrected chi connectivity index (χ4v) is 3.91. The Morgan fingerprint density at radius 2 is 1.24 bits per heavy atom. The van der Waals surface area contributed by atoms with Gasteiger partial charge in [0.15, 0.2) is 0 Å². The second kappa shape index (κ2) is 5.68. The van der Waals surface area contributed by atoms with Gasteiger partial charge in [-0.05, 0) is 19.1 Å². The highest BCUT2D eigenvalue weighted by molar-refractivity contribution is 5.15. The molecule has 132 valence electrons. The molecular formula is C18H25N7. The third-order valence-electron chi connectivity index (χ3n) is 5.35. The fraction of sp³-hybridized carbons (Fsp3) is 0.444. The topological polar surface area (TPSA) is 35.2 Å². The van der Waals surface area contributed by atoms with Gasteiger partial charge in [0.1, 0.15) is 0 Å². The summed E-state index contributed by atoms with van der Waals surface area (Å²) in [4.78, 5) is 17.8. The first-order chi connectivity index (χ1) is 12.2. The lowest BCUT2D eigenvalue weighted by Crippen LogP contribution is -2.42. The maximum absolute atomic E-state index is 3.59. The quantitative estimate of drug-likeness (QED) is 0.771. The van der Waals surface area contributed by atoms with E-state index in [1.54, 1.807) is 0 Å². The van der Waals surface area contributed by atoms with Crippen LogP contribution in [-0.4, -0.2) is 67.2 Å².